The third-order valence-corrected chi connectivity index (χ3v) is 7.29. The maximum absolute atomic E-state index is 13.6. The van der Waals surface area contributed by atoms with Gasteiger partial charge in [-0.15, -0.1) is 0 Å². The number of anilines is 2. The lowest BCUT2D eigenvalue weighted by molar-refractivity contribution is -0.127. The molecule has 8 nitrogen and oxygen atoms in total. The van der Waals surface area contributed by atoms with E-state index >= 15 is 0 Å². The largest absolute Gasteiger partial charge is 0.496 e. The number of nitrogens with one attached hydrogen (secondary N) is 1. The molecule has 0 aliphatic carbocycles. The van der Waals surface area contributed by atoms with Crippen LogP contribution in [0.5, 0.6) is 5.75 Å². The predicted octanol–water partition coefficient (Wildman–Crippen LogP) is 3.37. The predicted molar refractivity (Wildman–Crippen MR) is 139 cm³/mol. The summed E-state index contributed by atoms with van der Waals surface area (Å²) in [6, 6.07) is 13.2. The van der Waals surface area contributed by atoms with E-state index in [1.807, 2.05) is 71.3 Å². The van der Waals surface area contributed by atoms with Crippen LogP contribution in [-0.4, -0.2) is 63.8 Å². The smallest absolute Gasteiger partial charge is 0.253 e. The van der Waals surface area contributed by atoms with E-state index in [0.717, 1.165) is 17.8 Å². The molecule has 184 valence electrons. The number of nitrogens with two attached hydrogens (primary N) is 1. The Balaban J connectivity index is 1.45. The van der Waals surface area contributed by atoms with E-state index in [1.165, 1.54) is 12.4 Å². The average Bonchev–Trinajstić information content (AvgIpc) is 3.20. The van der Waals surface area contributed by atoms with Crippen LogP contribution in [0, 0.1) is 10.8 Å². The number of ether oxygens (including phenoxy) is 1. The summed E-state index contributed by atoms with van der Waals surface area (Å²) in [5.74, 6) is 0.691. The quantitative estimate of drug-likeness (QED) is 0.624. The molecular weight excluding hydrogens is 442 g/mol. The highest BCUT2D eigenvalue weighted by Crippen LogP contribution is 2.44. The van der Waals surface area contributed by atoms with Crippen LogP contribution in [0.3, 0.4) is 0 Å². The number of carbonyl (C=O) groups is 2. The first-order valence-electron chi connectivity index (χ1n) is 11.8. The Bertz CT molecular complexity index is 1150. The van der Waals surface area contributed by atoms with Crippen LogP contribution in [0.15, 0.2) is 48.7 Å². The van der Waals surface area contributed by atoms with Crippen LogP contribution in [0.1, 0.15) is 35.2 Å². The number of piperidine rings is 1. The van der Waals surface area contributed by atoms with E-state index in [2.05, 4.69) is 0 Å². The second kappa shape index (κ2) is 9.82. The molecule has 2 aliphatic heterocycles. The highest BCUT2D eigenvalue weighted by Gasteiger charge is 2.49. The molecule has 0 atom stereocenters. The van der Waals surface area contributed by atoms with E-state index in [-0.39, 0.29) is 11.8 Å². The Morgan fingerprint density at radius 1 is 1.09 bits per heavy atom. The summed E-state index contributed by atoms with van der Waals surface area (Å²) >= 11 is 0. The molecule has 0 saturated carbocycles. The van der Waals surface area contributed by atoms with Gasteiger partial charge in [0.05, 0.1) is 12.5 Å². The lowest BCUT2D eigenvalue weighted by atomic mass is 9.77. The van der Waals surface area contributed by atoms with Crippen molar-refractivity contribution in [2.75, 3.05) is 50.6 Å². The second-order valence-corrected chi connectivity index (χ2v) is 9.37. The number of carbonyl (C=O) groups excluding carboxylic acids is 2. The molecule has 0 bridgehead atoms. The van der Waals surface area contributed by atoms with Crippen LogP contribution in [0.2, 0.25) is 0 Å². The summed E-state index contributed by atoms with van der Waals surface area (Å²) in [7, 11) is 5.50. The molecule has 0 unspecified atom stereocenters. The van der Waals surface area contributed by atoms with Gasteiger partial charge in [0.25, 0.3) is 5.91 Å². The zero-order valence-corrected chi connectivity index (χ0v) is 20.6. The first kappa shape index (κ1) is 24.3. The van der Waals surface area contributed by atoms with Gasteiger partial charge in [0.15, 0.2) is 0 Å². The normalized spacial score (nSPS) is 17.6. The monoisotopic (exact) mass is 475 g/mol. The molecule has 2 aromatic carbocycles. The minimum absolute atomic E-state index is 0.0164. The van der Waals surface area contributed by atoms with Crippen molar-refractivity contribution in [3.8, 4) is 5.75 Å². The molecule has 2 amide bonds. The fourth-order valence-electron chi connectivity index (χ4n) is 5.06. The molecule has 2 aliphatic rings. The van der Waals surface area contributed by atoms with Crippen molar-refractivity contribution in [2.24, 2.45) is 11.1 Å². The zero-order valence-electron chi connectivity index (χ0n) is 20.6. The minimum Gasteiger partial charge on any atom is -0.496 e. The van der Waals surface area contributed by atoms with Crippen molar-refractivity contribution >= 4 is 35.0 Å². The summed E-state index contributed by atoms with van der Waals surface area (Å²) in [5, 5.41) is 7.56. The van der Waals surface area contributed by atoms with Crippen molar-refractivity contribution in [1.82, 2.24) is 4.90 Å². The average molecular weight is 476 g/mol. The summed E-state index contributed by atoms with van der Waals surface area (Å²) in [4.78, 5) is 32.3. The molecule has 1 spiro atoms. The van der Waals surface area contributed by atoms with Crippen LogP contribution < -0.4 is 20.3 Å². The summed E-state index contributed by atoms with van der Waals surface area (Å²) in [6.45, 7) is 1.77. The number of allylic oxidation sites excluding steroid dienone is 1. The third kappa shape index (κ3) is 4.48. The van der Waals surface area contributed by atoms with Crippen LogP contribution in [-0.2, 0) is 4.79 Å². The van der Waals surface area contributed by atoms with Gasteiger partial charge in [-0.3, -0.25) is 9.59 Å². The molecule has 2 heterocycles. The molecule has 2 aromatic rings. The number of hydrogen-bond acceptors (Lipinski definition) is 6. The molecule has 3 N–H and O–H groups in total. The molecule has 8 heteroatoms. The number of amides is 2. The van der Waals surface area contributed by atoms with Crippen molar-refractivity contribution in [1.29, 1.82) is 5.41 Å². The van der Waals surface area contributed by atoms with Gasteiger partial charge in [-0.2, -0.15) is 0 Å². The SMILES string of the molecule is COc1cc(N2CCC3(CCN(C(=O)c4ccc(N(C)C)cc4)CC3)C2=O)ccc1/C(C=N)=C/N. The lowest BCUT2D eigenvalue weighted by Gasteiger charge is -2.38. The summed E-state index contributed by atoms with van der Waals surface area (Å²) in [6.07, 6.45) is 4.63. The Hall–Kier alpha value is -3.81. The number of rotatable bonds is 6. The fourth-order valence-corrected chi connectivity index (χ4v) is 5.06. The topological polar surface area (TPSA) is 103 Å². The van der Waals surface area contributed by atoms with Crippen molar-refractivity contribution in [2.45, 2.75) is 19.3 Å². The highest BCUT2D eigenvalue weighted by molar-refractivity contribution is 6.09. The molecule has 0 aromatic heterocycles. The molecule has 35 heavy (non-hydrogen) atoms. The molecule has 2 fully saturated rings. The number of likely N-dealkylation sites (tertiary alicyclic amines) is 1. The Morgan fingerprint density at radius 3 is 2.31 bits per heavy atom. The number of nitrogens with zero attached hydrogens (tertiary/aromatic N) is 3. The highest BCUT2D eigenvalue weighted by atomic mass is 16.5. The Morgan fingerprint density at radius 2 is 1.74 bits per heavy atom. The van der Waals surface area contributed by atoms with Gasteiger partial charge >= 0.3 is 0 Å². The summed E-state index contributed by atoms with van der Waals surface area (Å²) < 4.78 is 5.52. The maximum Gasteiger partial charge on any atom is 0.253 e. The van der Waals surface area contributed by atoms with Crippen molar-refractivity contribution < 1.29 is 14.3 Å². The number of benzene rings is 2. The van der Waals surface area contributed by atoms with E-state index < -0.39 is 5.41 Å². The first-order valence-corrected chi connectivity index (χ1v) is 11.8. The number of hydrogen-bond donors (Lipinski definition) is 2. The van der Waals surface area contributed by atoms with Gasteiger partial charge in [0.2, 0.25) is 5.91 Å². The molecule has 0 radical (unpaired) electrons. The number of methoxy groups -OCH3 is 1. The van der Waals surface area contributed by atoms with E-state index in [4.69, 9.17) is 15.9 Å². The first-order chi connectivity index (χ1) is 16.8. The van der Waals surface area contributed by atoms with Gasteiger partial charge in [-0.25, -0.2) is 0 Å². The molecular formula is C27H33N5O3. The van der Waals surface area contributed by atoms with E-state index in [9.17, 15) is 9.59 Å². The van der Waals surface area contributed by atoms with Crippen LogP contribution in [0.4, 0.5) is 11.4 Å². The molecule has 4 rings (SSSR count). The molecule has 2 saturated heterocycles. The van der Waals surface area contributed by atoms with E-state index in [1.54, 1.807) is 7.11 Å². The van der Waals surface area contributed by atoms with Gasteiger partial charge in [-0.1, -0.05) is 0 Å². The Labute approximate surface area is 206 Å². The third-order valence-electron chi connectivity index (χ3n) is 7.29. The van der Waals surface area contributed by atoms with Crippen LogP contribution in [0.25, 0.3) is 5.57 Å². The van der Waals surface area contributed by atoms with Crippen molar-refractivity contribution in [3.63, 3.8) is 0 Å². The fraction of sp³-hybridized carbons (Fsp3) is 0.370. The van der Waals surface area contributed by atoms with E-state index in [0.29, 0.717) is 54.9 Å². The Kier molecular flexibility index (Phi) is 6.82. The maximum atomic E-state index is 13.6. The zero-order chi connectivity index (χ0) is 25.2. The summed E-state index contributed by atoms with van der Waals surface area (Å²) in [5.41, 5.74) is 8.96. The minimum atomic E-state index is -0.436. The van der Waals surface area contributed by atoms with Gasteiger partial charge in [-0.05, 0) is 55.7 Å². The van der Waals surface area contributed by atoms with Gasteiger partial charge < -0.3 is 30.6 Å². The van der Waals surface area contributed by atoms with Gasteiger partial charge in [0, 0.05) is 80.3 Å². The standard InChI is InChI=1S/C27H33N5O3/c1-30(2)21-6-4-19(5-7-21)25(33)31-13-10-27(11-14-31)12-15-32(26(27)34)22-8-9-23(20(17-28)18-29)24(16-22)35-3/h4-9,16-18,28H,10-15,29H2,1-3H3/b20-18+,28-17?. The van der Waals surface area contributed by atoms with Gasteiger partial charge in [0.1, 0.15) is 5.75 Å². The van der Waals surface area contributed by atoms with Crippen LogP contribution >= 0.6 is 0 Å². The second-order valence-electron chi connectivity index (χ2n) is 9.37. The lowest BCUT2D eigenvalue weighted by Crippen LogP contribution is -2.46. The van der Waals surface area contributed by atoms with Crippen molar-refractivity contribution in [3.05, 3.63) is 59.8 Å².